The van der Waals surface area contributed by atoms with Crippen LogP contribution in [0.4, 0.5) is 5.82 Å². The monoisotopic (exact) mass is 275 g/mol. The summed E-state index contributed by atoms with van der Waals surface area (Å²) in [7, 11) is 1.85. The number of pyridine rings is 1. The van der Waals surface area contributed by atoms with Crippen LogP contribution in [0.1, 0.15) is 25.7 Å². The van der Waals surface area contributed by atoms with Crippen molar-refractivity contribution in [1.82, 2.24) is 9.88 Å². The molecule has 1 aromatic heterocycles. The maximum Gasteiger partial charge on any atom is 0.128 e. The van der Waals surface area contributed by atoms with Gasteiger partial charge in [0.05, 0.1) is 6.10 Å². The number of ether oxygens (including phenoxy) is 1. The first kappa shape index (κ1) is 13.8. The molecule has 0 radical (unpaired) electrons. The molecule has 1 unspecified atom stereocenters. The van der Waals surface area contributed by atoms with Crippen LogP contribution >= 0.6 is 0 Å². The summed E-state index contributed by atoms with van der Waals surface area (Å²) >= 11 is 0. The summed E-state index contributed by atoms with van der Waals surface area (Å²) in [5.41, 5.74) is 0. The molecule has 20 heavy (non-hydrogen) atoms. The van der Waals surface area contributed by atoms with Crippen molar-refractivity contribution in [2.45, 2.75) is 37.8 Å². The van der Waals surface area contributed by atoms with Gasteiger partial charge in [-0.05, 0) is 44.4 Å². The highest BCUT2D eigenvalue weighted by Gasteiger charge is 2.28. The Kier molecular flexibility index (Phi) is 4.53. The number of rotatable bonds is 3. The number of hydrogen-bond acceptors (Lipinski definition) is 4. The SMILES string of the molecule is COC1CCCN(C2CCN(c3ccccn3)CC2)C1. The molecule has 4 heteroatoms. The van der Waals surface area contributed by atoms with E-state index in [-0.39, 0.29) is 0 Å². The summed E-state index contributed by atoms with van der Waals surface area (Å²) in [6, 6.07) is 6.90. The van der Waals surface area contributed by atoms with Crippen LogP contribution in [0.3, 0.4) is 0 Å². The molecule has 2 fully saturated rings. The normalized spacial score (nSPS) is 25.9. The topological polar surface area (TPSA) is 28.6 Å². The first-order chi connectivity index (χ1) is 9.86. The van der Waals surface area contributed by atoms with E-state index in [2.05, 4.69) is 26.9 Å². The zero-order valence-corrected chi connectivity index (χ0v) is 12.4. The maximum atomic E-state index is 5.54. The molecule has 0 aliphatic carbocycles. The molecule has 3 rings (SSSR count). The van der Waals surface area contributed by atoms with Gasteiger partial charge in [-0.15, -0.1) is 0 Å². The summed E-state index contributed by atoms with van der Waals surface area (Å²) in [6.07, 6.45) is 7.31. The van der Waals surface area contributed by atoms with Crippen molar-refractivity contribution < 1.29 is 4.74 Å². The third-order valence-electron chi connectivity index (χ3n) is 4.70. The van der Waals surface area contributed by atoms with Gasteiger partial charge in [0.2, 0.25) is 0 Å². The van der Waals surface area contributed by atoms with Crippen molar-refractivity contribution in [1.29, 1.82) is 0 Å². The highest BCUT2D eigenvalue weighted by Crippen LogP contribution is 2.24. The molecule has 0 saturated carbocycles. The molecule has 0 N–H and O–H groups in total. The van der Waals surface area contributed by atoms with Crippen LogP contribution in [0.5, 0.6) is 0 Å². The van der Waals surface area contributed by atoms with Crippen LogP contribution in [0, 0.1) is 0 Å². The van der Waals surface area contributed by atoms with Crippen LogP contribution in [0.15, 0.2) is 24.4 Å². The zero-order chi connectivity index (χ0) is 13.8. The van der Waals surface area contributed by atoms with Crippen molar-refractivity contribution in [3.05, 3.63) is 24.4 Å². The fraction of sp³-hybridized carbons (Fsp3) is 0.688. The first-order valence-electron chi connectivity index (χ1n) is 7.79. The maximum absolute atomic E-state index is 5.54. The molecule has 0 amide bonds. The van der Waals surface area contributed by atoms with E-state index in [1.165, 1.54) is 32.2 Å². The molecule has 2 saturated heterocycles. The molecule has 4 nitrogen and oxygen atoms in total. The average Bonchev–Trinajstić information content (AvgIpc) is 2.56. The number of nitrogens with zero attached hydrogens (tertiary/aromatic N) is 3. The lowest BCUT2D eigenvalue weighted by atomic mass is 9.99. The Hall–Kier alpha value is -1.13. The van der Waals surface area contributed by atoms with Crippen LogP contribution < -0.4 is 4.90 Å². The Morgan fingerprint density at radius 1 is 1.15 bits per heavy atom. The van der Waals surface area contributed by atoms with E-state index in [1.54, 1.807) is 0 Å². The van der Waals surface area contributed by atoms with Crippen molar-refractivity contribution in [3.8, 4) is 0 Å². The fourth-order valence-corrected chi connectivity index (χ4v) is 3.49. The Labute approximate surface area is 121 Å². The van der Waals surface area contributed by atoms with Crippen LogP contribution in [-0.4, -0.2) is 55.3 Å². The number of methoxy groups -OCH3 is 1. The van der Waals surface area contributed by atoms with Crippen molar-refractivity contribution >= 4 is 5.82 Å². The smallest absolute Gasteiger partial charge is 0.128 e. The molecular formula is C16H25N3O. The Balaban J connectivity index is 1.53. The second-order valence-corrected chi connectivity index (χ2v) is 5.90. The van der Waals surface area contributed by atoms with Gasteiger partial charge in [0.1, 0.15) is 5.82 Å². The van der Waals surface area contributed by atoms with E-state index >= 15 is 0 Å². The van der Waals surface area contributed by atoms with Crippen LogP contribution in [0.2, 0.25) is 0 Å². The largest absolute Gasteiger partial charge is 0.380 e. The van der Waals surface area contributed by atoms with Gasteiger partial charge in [0, 0.05) is 39.0 Å². The standard InChI is InChI=1S/C16H25N3O/c1-20-15-5-4-10-19(13-15)14-7-11-18(12-8-14)16-6-2-3-9-17-16/h2-3,6,9,14-15H,4-5,7-8,10-13H2,1H3. The second-order valence-electron chi connectivity index (χ2n) is 5.90. The van der Waals surface area contributed by atoms with Gasteiger partial charge in [-0.2, -0.15) is 0 Å². The molecule has 0 spiro atoms. The minimum Gasteiger partial charge on any atom is -0.380 e. The molecule has 0 aromatic carbocycles. The minimum absolute atomic E-state index is 0.442. The summed E-state index contributed by atoms with van der Waals surface area (Å²) < 4.78 is 5.54. The van der Waals surface area contributed by atoms with Crippen molar-refractivity contribution in [3.63, 3.8) is 0 Å². The molecule has 3 heterocycles. The molecular weight excluding hydrogens is 250 g/mol. The van der Waals surface area contributed by atoms with E-state index in [9.17, 15) is 0 Å². The first-order valence-corrected chi connectivity index (χ1v) is 7.79. The highest BCUT2D eigenvalue weighted by molar-refractivity contribution is 5.38. The molecule has 110 valence electrons. The number of hydrogen-bond donors (Lipinski definition) is 0. The molecule has 2 aliphatic heterocycles. The van der Waals surface area contributed by atoms with Gasteiger partial charge in [0.15, 0.2) is 0 Å². The number of anilines is 1. The molecule has 0 bridgehead atoms. The highest BCUT2D eigenvalue weighted by atomic mass is 16.5. The number of piperidine rings is 2. The van der Waals surface area contributed by atoms with Crippen LogP contribution in [-0.2, 0) is 4.74 Å². The number of likely N-dealkylation sites (tertiary alicyclic amines) is 1. The zero-order valence-electron chi connectivity index (χ0n) is 12.4. The predicted molar refractivity (Wildman–Crippen MR) is 81.1 cm³/mol. The third-order valence-corrected chi connectivity index (χ3v) is 4.70. The lowest BCUT2D eigenvalue weighted by Crippen LogP contribution is -2.50. The number of aromatic nitrogens is 1. The quantitative estimate of drug-likeness (QED) is 0.845. The average molecular weight is 275 g/mol. The van der Waals surface area contributed by atoms with E-state index in [1.807, 2.05) is 19.4 Å². The summed E-state index contributed by atoms with van der Waals surface area (Å²) in [5, 5.41) is 0. The van der Waals surface area contributed by atoms with E-state index in [0.717, 1.165) is 31.5 Å². The lowest BCUT2D eigenvalue weighted by molar-refractivity contribution is 0.0102. The van der Waals surface area contributed by atoms with Gasteiger partial charge >= 0.3 is 0 Å². The summed E-state index contributed by atoms with van der Waals surface area (Å²) in [4.78, 5) is 9.51. The summed E-state index contributed by atoms with van der Waals surface area (Å²) in [5.74, 6) is 1.12. The fourth-order valence-electron chi connectivity index (χ4n) is 3.49. The van der Waals surface area contributed by atoms with Crippen molar-refractivity contribution in [2.24, 2.45) is 0 Å². The van der Waals surface area contributed by atoms with E-state index in [4.69, 9.17) is 4.74 Å². The van der Waals surface area contributed by atoms with Crippen molar-refractivity contribution in [2.75, 3.05) is 38.2 Å². The van der Waals surface area contributed by atoms with Gasteiger partial charge in [-0.3, -0.25) is 4.90 Å². The molecule has 1 aromatic rings. The van der Waals surface area contributed by atoms with Gasteiger partial charge < -0.3 is 9.64 Å². The van der Waals surface area contributed by atoms with Crippen LogP contribution in [0.25, 0.3) is 0 Å². The minimum atomic E-state index is 0.442. The second kappa shape index (κ2) is 6.55. The van der Waals surface area contributed by atoms with Gasteiger partial charge in [-0.1, -0.05) is 6.07 Å². The van der Waals surface area contributed by atoms with Gasteiger partial charge in [0.25, 0.3) is 0 Å². The van der Waals surface area contributed by atoms with Gasteiger partial charge in [-0.25, -0.2) is 4.98 Å². The molecule has 2 aliphatic rings. The Morgan fingerprint density at radius 3 is 2.70 bits per heavy atom. The summed E-state index contributed by atoms with van der Waals surface area (Å²) in [6.45, 7) is 4.60. The molecule has 1 atom stereocenters. The van der Waals surface area contributed by atoms with E-state index in [0.29, 0.717) is 6.10 Å². The predicted octanol–water partition coefficient (Wildman–Crippen LogP) is 2.16. The lowest BCUT2D eigenvalue weighted by Gasteiger charge is -2.42. The Bertz CT molecular complexity index is 403. The third kappa shape index (κ3) is 3.13. The Morgan fingerprint density at radius 2 is 2.00 bits per heavy atom. The van der Waals surface area contributed by atoms with E-state index < -0.39 is 0 Å².